The van der Waals surface area contributed by atoms with Crippen LogP contribution < -0.4 is 5.32 Å². The predicted molar refractivity (Wildman–Crippen MR) is 205 cm³/mol. The van der Waals surface area contributed by atoms with Gasteiger partial charge in [0.15, 0.2) is 24.8 Å². The van der Waals surface area contributed by atoms with Crippen LogP contribution in [-0.2, 0) is 76.1 Å². The standard InChI is InChI=1S/C38H55NO17SSi/c1-20(40)39-29-26(51-22(3)42)17-38(37(46)47-6,57-34(29)31(53-24(5)44)28(52-23(4)43)18-49-21(2)41)56-32-30-27(19-50-36(55-30)25-13-11-10-12-14-25)54-35(45)33(32)48-15-16-58(7,8)9/h10-14,26-36,45H,15-19H2,1-9H3,(H,39,40)/t26?,27?,28-,29?,30?,31-,32?,33?,34?,35?,36?,38?/m1/s1. The van der Waals surface area contributed by atoms with Crippen LogP contribution in [0.3, 0.4) is 0 Å². The van der Waals surface area contributed by atoms with Gasteiger partial charge >= 0.3 is 29.8 Å². The molecule has 0 aliphatic carbocycles. The first-order valence-corrected chi connectivity index (χ1v) is 23.5. The second kappa shape index (κ2) is 20.6. The van der Waals surface area contributed by atoms with Crippen LogP contribution in [0, 0.1) is 0 Å². The van der Waals surface area contributed by atoms with Gasteiger partial charge < -0.3 is 57.8 Å². The van der Waals surface area contributed by atoms with E-state index in [2.05, 4.69) is 25.0 Å². The molecule has 10 unspecified atom stereocenters. The Hall–Kier alpha value is -3.63. The van der Waals surface area contributed by atoms with Gasteiger partial charge in [0.05, 0.1) is 25.0 Å². The maximum atomic E-state index is 14.4. The van der Waals surface area contributed by atoms with Crippen LogP contribution in [0.1, 0.15) is 52.9 Å². The maximum absolute atomic E-state index is 14.4. The molecule has 1 amide bonds. The lowest BCUT2D eigenvalue weighted by Gasteiger charge is -2.53. The van der Waals surface area contributed by atoms with Crippen molar-refractivity contribution >= 4 is 55.6 Å². The highest BCUT2D eigenvalue weighted by molar-refractivity contribution is 8.02. The summed E-state index contributed by atoms with van der Waals surface area (Å²) in [7, 11) is -0.577. The molecular weight excluding hydrogens is 803 g/mol. The van der Waals surface area contributed by atoms with Gasteiger partial charge in [-0.05, 0) is 6.04 Å². The molecule has 0 saturated carbocycles. The summed E-state index contributed by atoms with van der Waals surface area (Å²) in [5.41, 5.74) is 0.665. The van der Waals surface area contributed by atoms with Crippen molar-refractivity contribution in [1.82, 2.24) is 5.32 Å². The summed E-state index contributed by atoms with van der Waals surface area (Å²) in [4.78, 5) is 74.9. The molecule has 58 heavy (non-hydrogen) atoms. The Balaban J connectivity index is 1.91. The highest BCUT2D eigenvalue weighted by Crippen LogP contribution is 2.49. The molecule has 2 N–H and O–H groups in total. The number of nitrogens with one attached hydrogen (secondary N) is 1. The van der Waals surface area contributed by atoms with Crippen LogP contribution >= 0.6 is 11.8 Å². The summed E-state index contributed by atoms with van der Waals surface area (Å²) in [6.07, 6.45) is -12.1. The molecule has 0 aromatic heterocycles. The monoisotopic (exact) mass is 857 g/mol. The number of esters is 5. The molecule has 3 fully saturated rings. The van der Waals surface area contributed by atoms with E-state index in [1.54, 1.807) is 24.3 Å². The largest absolute Gasteiger partial charge is 0.466 e. The summed E-state index contributed by atoms with van der Waals surface area (Å²) < 4.78 is 59.4. The average molecular weight is 858 g/mol. The van der Waals surface area contributed by atoms with Crippen molar-refractivity contribution < 1.29 is 81.2 Å². The number of carbonyl (C=O) groups is 6. The zero-order valence-electron chi connectivity index (χ0n) is 34.2. The lowest BCUT2D eigenvalue weighted by atomic mass is 9.93. The zero-order valence-corrected chi connectivity index (χ0v) is 36.0. The second-order valence-electron chi connectivity index (χ2n) is 15.4. The summed E-state index contributed by atoms with van der Waals surface area (Å²) in [6.45, 7) is 11.6. The number of fused-ring (bicyclic) bond motifs is 1. The topological polar surface area (TPSA) is 227 Å². The lowest BCUT2D eigenvalue weighted by molar-refractivity contribution is -0.368. The Morgan fingerprint density at radius 3 is 2.17 bits per heavy atom. The molecule has 12 atom stereocenters. The number of amides is 1. The number of benzene rings is 1. The number of ether oxygens (including phenoxy) is 10. The zero-order chi connectivity index (χ0) is 42.9. The van der Waals surface area contributed by atoms with Crippen LogP contribution in [0.4, 0.5) is 0 Å². The molecule has 0 radical (unpaired) electrons. The van der Waals surface area contributed by atoms with E-state index in [9.17, 15) is 33.9 Å². The highest BCUT2D eigenvalue weighted by Gasteiger charge is 2.62. The van der Waals surface area contributed by atoms with E-state index in [0.29, 0.717) is 11.6 Å². The van der Waals surface area contributed by atoms with E-state index in [0.717, 1.165) is 46.6 Å². The first-order valence-electron chi connectivity index (χ1n) is 18.9. The molecule has 3 heterocycles. The van der Waals surface area contributed by atoms with Crippen LogP contribution in [0.2, 0.25) is 25.7 Å². The number of carbonyl (C=O) groups excluding carboxylic acids is 6. The first-order chi connectivity index (χ1) is 27.2. The van der Waals surface area contributed by atoms with Gasteiger partial charge in [0, 0.05) is 61.3 Å². The van der Waals surface area contributed by atoms with Crippen molar-refractivity contribution in [2.24, 2.45) is 0 Å². The fourth-order valence-electron chi connectivity index (χ4n) is 6.90. The Morgan fingerprint density at radius 1 is 0.931 bits per heavy atom. The number of thioether (sulfide) groups is 1. The quantitative estimate of drug-likeness (QED) is 0.138. The molecule has 3 saturated heterocycles. The Morgan fingerprint density at radius 2 is 1.60 bits per heavy atom. The number of methoxy groups -OCH3 is 1. The fourth-order valence-corrected chi connectivity index (χ4v) is 9.43. The molecule has 18 nitrogen and oxygen atoms in total. The van der Waals surface area contributed by atoms with Gasteiger partial charge in [-0.2, -0.15) is 0 Å². The second-order valence-corrected chi connectivity index (χ2v) is 22.5. The van der Waals surface area contributed by atoms with Gasteiger partial charge in [-0.1, -0.05) is 50.0 Å². The Labute approximate surface area is 342 Å². The van der Waals surface area contributed by atoms with Crippen molar-refractivity contribution in [3.8, 4) is 0 Å². The fraction of sp³-hybridized carbons (Fsp3) is 0.684. The van der Waals surface area contributed by atoms with E-state index in [-0.39, 0.29) is 13.2 Å². The van der Waals surface area contributed by atoms with Crippen LogP contribution in [0.25, 0.3) is 0 Å². The Bertz CT molecular complexity index is 1610. The van der Waals surface area contributed by atoms with Crippen LogP contribution in [-0.4, -0.2) is 141 Å². The minimum atomic E-state index is -2.22. The first kappa shape index (κ1) is 47.0. The molecule has 1 aromatic rings. The minimum Gasteiger partial charge on any atom is -0.466 e. The third-order valence-corrected chi connectivity index (χ3v) is 12.7. The number of aliphatic hydroxyl groups is 1. The van der Waals surface area contributed by atoms with E-state index < -0.39 is 128 Å². The molecule has 4 rings (SSSR count). The van der Waals surface area contributed by atoms with Crippen LogP contribution in [0.15, 0.2) is 30.3 Å². The van der Waals surface area contributed by atoms with Crippen molar-refractivity contribution in [2.75, 3.05) is 26.9 Å². The normalized spacial score (nSPS) is 30.7. The predicted octanol–water partition coefficient (Wildman–Crippen LogP) is 2.16. The number of hydrogen-bond donors (Lipinski definition) is 2. The Kier molecular flexibility index (Phi) is 16.7. The summed E-state index contributed by atoms with van der Waals surface area (Å²) in [5.74, 6) is -4.88. The van der Waals surface area contributed by atoms with Gasteiger partial charge in [-0.15, -0.1) is 11.8 Å². The van der Waals surface area contributed by atoms with Crippen molar-refractivity contribution in [3.05, 3.63) is 35.9 Å². The summed E-state index contributed by atoms with van der Waals surface area (Å²) in [5, 5.41) is 12.9. The summed E-state index contributed by atoms with van der Waals surface area (Å²) in [6, 6.07) is 8.48. The molecular formula is C38H55NO17SSi. The van der Waals surface area contributed by atoms with Gasteiger partial charge in [-0.25, -0.2) is 4.79 Å². The molecule has 324 valence electrons. The average Bonchev–Trinajstić information content (AvgIpc) is 3.13. The molecule has 0 spiro atoms. The van der Waals surface area contributed by atoms with Gasteiger partial charge in [0.25, 0.3) is 0 Å². The smallest absolute Gasteiger partial charge is 0.349 e. The number of aliphatic hydroxyl groups excluding tert-OH is 1. The van der Waals surface area contributed by atoms with Gasteiger partial charge in [0.2, 0.25) is 10.8 Å². The minimum absolute atomic E-state index is 0.0564. The molecule has 0 bridgehead atoms. The summed E-state index contributed by atoms with van der Waals surface area (Å²) >= 11 is 0.724. The van der Waals surface area contributed by atoms with Gasteiger partial charge in [0.1, 0.15) is 37.1 Å². The highest BCUT2D eigenvalue weighted by atomic mass is 32.2. The van der Waals surface area contributed by atoms with Crippen molar-refractivity contribution in [3.63, 3.8) is 0 Å². The molecule has 20 heteroatoms. The molecule has 1 aromatic carbocycles. The van der Waals surface area contributed by atoms with E-state index in [1.807, 2.05) is 6.07 Å². The van der Waals surface area contributed by atoms with E-state index >= 15 is 0 Å². The molecule has 3 aliphatic heterocycles. The van der Waals surface area contributed by atoms with Gasteiger partial charge in [-0.3, -0.25) is 24.0 Å². The maximum Gasteiger partial charge on any atom is 0.349 e. The van der Waals surface area contributed by atoms with Crippen LogP contribution in [0.5, 0.6) is 0 Å². The third-order valence-electron chi connectivity index (χ3n) is 9.36. The van der Waals surface area contributed by atoms with E-state index in [1.165, 1.54) is 6.92 Å². The van der Waals surface area contributed by atoms with E-state index in [4.69, 9.17) is 47.4 Å². The van der Waals surface area contributed by atoms with Crippen molar-refractivity contribution in [1.29, 1.82) is 0 Å². The number of rotatable bonds is 16. The number of hydrogen-bond acceptors (Lipinski definition) is 18. The molecule has 3 aliphatic rings. The lowest BCUT2D eigenvalue weighted by Crippen LogP contribution is -2.69. The SMILES string of the molecule is COC(=O)C1(OC2C(OCC[Si](C)(C)C)C(O)OC3COC(c4ccccc4)OC32)CC(OC(C)=O)C(NC(C)=O)C([C@H](OC(C)=O)[C@@H](COC(C)=O)OC(C)=O)S1. The third kappa shape index (κ3) is 12.7. The van der Waals surface area contributed by atoms with Crippen molar-refractivity contribution in [2.45, 2.75) is 138 Å².